The quantitative estimate of drug-likeness (QED) is 0.715. The number of rotatable bonds is 8. The zero-order valence-corrected chi connectivity index (χ0v) is 15.6. The zero-order chi connectivity index (χ0) is 18.9. The van der Waals surface area contributed by atoms with Crippen LogP contribution in [-0.2, 0) is 20.9 Å². The van der Waals surface area contributed by atoms with Crippen LogP contribution in [-0.4, -0.2) is 24.6 Å². The fraction of sp³-hybridized carbons (Fsp3) is 0.300. The normalized spacial score (nSPS) is 11.5. The van der Waals surface area contributed by atoms with Gasteiger partial charge in [-0.15, -0.1) is 0 Å². The minimum Gasteiger partial charge on any atom is -0.493 e. The lowest BCUT2D eigenvalue weighted by atomic mass is 10.2. The second kappa shape index (κ2) is 9.82. The summed E-state index contributed by atoms with van der Waals surface area (Å²) in [7, 11) is 0. The second-order valence-electron chi connectivity index (χ2n) is 5.81. The van der Waals surface area contributed by atoms with Crippen LogP contribution in [0.25, 0.3) is 0 Å². The molecule has 6 heteroatoms. The molecule has 0 aliphatic heterocycles. The molecule has 0 unspecified atom stereocenters. The monoisotopic (exact) mass is 375 g/mol. The average Bonchev–Trinajstić information content (AvgIpc) is 2.62. The minimum atomic E-state index is -0.886. The number of halogens is 1. The molecule has 1 atom stereocenters. The fourth-order valence-corrected chi connectivity index (χ4v) is 2.44. The highest BCUT2D eigenvalue weighted by molar-refractivity contribution is 6.31. The summed E-state index contributed by atoms with van der Waals surface area (Å²) in [5.74, 6) is -0.136. The Bertz CT molecular complexity index is 763. The number of ether oxygens (including phenoxy) is 2. The molecule has 0 heterocycles. The molecule has 1 amide bonds. The second-order valence-corrected chi connectivity index (χ2v) is 6.21. The molecule has 138 valence electrons. The number of nitrogens with one attached hydrogen (secondary N) is 1. The maximum absolute atomic E-state index is 12.0. The number of esters is 1. The van der Waals surface area contributed by atoms with Gasteiger partial charge in [-0.05, 0) is 37.1 Å². The summed E-state index contributed by atoms with van der Waals surface area (Å²) in [5, 5.41) is 3.28. The molecular weight excluding hydrogens is 354 g/mol. The molecule has 0 aliphatic rings. The molecule has 1 N–H and O–H groups in total. The Hall–Kier alpha value is -2.53. The van der Waals surface area contributed by atoms with Gasteiger partial charge in [-0.2, -0.15) is 0 Å². The molecule has 2 aromatic rings. The van der Waals surface area contributed by atoms with Gasteiger partial charge in [-0.25, -0.2) is 0 Å². The molecule has 2 aromatic carbocycles. The number of aryl methyl sites for hydroxylation is 1. The highest BCUT2D eigenvalue weighted by Gasteiger charge is 2.17. The van der Waals surface area contributed by atoms with Gasteiger partial charge in [0, 0.05) is 11.6 Å². The van der Waals surface area contributed by atoms with Gasteiger partial charge in [-0.3, -0.25) is 9.59 Å². The first-order valence-electron chi connectivity index (χ1n) is 8.36. The van der Waals surface area contributed by atoms with E-state index >= 15 is 0 Å². The molecule has 0 saturated carbocycles. The smallest absolute Gasteiger partial charge is 0.310 e. The van der Waals surface area contributed by atoms with Gasteiger partial charge in [0.25, 0.3) is 5.91 Å². The Morgan fingerprint density at radius 3 is 2.54 bits per heavy atom. The van der Waals surface area contributed by atoms with E-state index in [1.54, 1.807) is 6.07 Å². The molecule has 0 saturated heterocycles. The Labute approximate surface area is 158 Å². The first-order chi connectivity index (χ1) is 12.5. The predicted molar refractivity (Wildman–Crippen MR) is 100 cm³/mol. The third kappa shape index (κ3) is 6.08. The van der Waals surface area contributed by atoms with Crippen molar-refractivity contribution < 1.29 is 19.1 Å². The van der Waals surface area contributed by atoms with Crippen molar-refractivity contribution in [3.63, 3.8) is 0 Å². The van der Waals surface area contributed by atoms with Gasteiger partial charge in [0.15, 0.2) is 6.10 Å². The van der Waals surface area contributed by atoms with Crippen LogP contribution >= 0.6 is 11.6 Å². The number of para-hydroxylation sites is 1. The van der Waals surface area contributed by atoms with Crippen LogP contribution < -0.4 is 10.1 Å². The molecule has 0 bridgehead atoms. The number of hydrogen-bond acceptors (Lipinski definition) is 4. The van der Waals surface area contributed by atoms with Gasteiger partial charge in [0.1, 0.15) is 5.75 Å². The standard InChI is InChI=1S/C20H22ClNO4/c1-14-7-3-6-10-18(14)25-12-11-19(23)26-15(2)20(24)22-13-16-8-4-5-9-17(16)21/h3-10,15H,11-13H2,1-2H3,(H,22,24)/t15-/m1/s1. The summed E-state index contributed by atoms with van der Waals surface area (Å²) in [6.07, 6.45) is -0.820. The highest BCUT2D eigenvalue weighted by Crippen LogP contribution is 2.16. The molecular formula is C20H22ClNO4. The van der Waals surface area contributed by atoms with Crippen LogP contribution in [0.1, 0.15) is 24.5 Å². The van der Waals surface area contributed by atoms with Crippen molar-refractivity contribution in [3.8, 4) is 5.75 Å². The van der Waals surface area contributed by atoms with E-state index in [9.17, 15) is 9.59 Å². The van der Waals surface area contributed by atoms with Crippen molar-refractivity contribution in [1.29, 1.82) is 0 Å². The summed E-state index contributed by atoms with van der Waals surface area (Å²) >= 11 is 6.04. The van der Waals surface area contributed by atoms with Gasteiger partial charge in [0.05, 0.1) is 13.0 Å². The molecule has 0 aromatic heterocycles. The van der Waals surface area contributed by atoms with E-state index in [1.165, 1.54) is 6.92 Å². The van der Waals surface area contributed by atoms with Crippen molar-refractivity contribution >= 4 is 23.5 Å². The lowest BCUT2D eigenvalue weighted by Gasteiger charge is -2.14. The number of amides is 1. The third-order valence-electron chi connectivity index (χ3n) is 3.75. The van der Waals surface area contributed by atoms with Crippen LogP contribution in [0.5, 0.6) is 5.75 Å². The van der Waals surface area contributed by atoms with Crippen molar-refractivity contribution in [3.05, 3.63) is 64.7 Å². The van der Waals surface area contributed by atoms with Crippen molar-refractivity contribution in [2.24, 2.45) is 0 Å². The molecule has 0 fully saturated rings. The van der Waals surface area contributed by atoms with Gasteiger partial charge in [-0.1, -0.05) is 48.0 Å². The summed E-state index contributed by atoms with van der Waals surface area (Å²) in [4.78, 5) is 23.9. The lowest BCUT2D eigenvalue weighted by molar-refractivity contribution is -0.155. The summed E-state index contributed by atoms with van der Waals surface area (Å²) in [6, 6.07) is 14.8. The van der Waals surface area contributed by atoms with Crippen molar-refractivity contribution in [2.75, 3.05) is 6.61 Å². The van der Waals surface area contributed by atoms with Gasteiger partial charge >= 0.3 is 5.97 Å². The average molecular weight is 376 g/mol. The van der Waals surface area contributed by atoms with Crippen LogP contribution in [0.4, 0.5) is 0 Å². The zero-order valence-electron chi connectivity index (χ0n) is 14.8. The van der Waals surface area contributed by atoms with E-state index in [0.717, 1.165) is 16.9 Å². The van der Waals surface area contributed by atoms with E-state index in [2.05, 4.69) is 5.32 Å². The van der Waals surface area contributed by atoms with Gasteiger partial charge in [0.2, 0.25) is 0 Å². The van der Waals surface area contributed by atoms with Crippen LogP contribution in [0.2, 0.25) is 5.02 Å². The van der Waals surface area contributed by atoms with Crippen LogP contribution in [0.3, 0.4) is 0 Å². The van der Waals surface area contributed by atoms with E-state index in [1.807, 2.05) is 49.4 Å². The Kier molecular flexibility index (Phi) is 7.48. The predicted octanol–water partition coefficient (Wildman–Crippen LogP) is 3.67. The topological polar surface area (TPSA) is 64.6 Å². The van der Waals surface area contributed by atoms with E-state index < -0.39 is 12.1 Å². The van der Waals surface area contributed by atoms with Crippen LogP contribution in [0, 0.1) is 6.92 Å². The lowest BCUT2D eigenvalue weighted by Crippen LogP contribution is -2.35. The first-order valence-corrected chi connectivity index (χ1v) is 8.74. The number of carbonyl (C=O) groups is 2. The minimum absolute atomic E-state index is 0.0659. The molecule has 0 spiro atoms. The Balaban J connectivity index is 1.71. The molecule has 0 aliphatic carbocycles. The molecule has 5 nitrogen and oxygen atoms in total. The van der Waals surface area contributed by atoms with E-state index in [-0.39, 0.29) is 25.5 Å². The first kappa shape index (κ1) is 19.8. The Morgan fingerprint density at radius 1 is 1.12 bits per heavy atom. The van der Waals surface area contributed by atoms with Crippen molar-refractivity contribution in [2.45, 2.75) is 32.9 Å². The highest BCUT2D eigenvalue weighted by atomic mass is 35.5. The van der Waals surface area contributed by atoms with E-state index in [4.69, 9.17) is 21.1 Å². The van der Waals surface area contributed by atoms with E-state index in [0.29, 0.717) is 5.02 Å². The maximum Gasteiger partial charge on any atom is 0.310 e. The molecule has 2 rings (SSSR count). The Morgan fingerprint density at radius 2 is 1.81 bits per heavy atom. The summed E-state index contributed by atoms with van der Waals surface area (Å²) < 4.78 is 10.7. The third-order valence-corrected chi connectivity index (χ3v) is 4.11. The summed E-state index contributed by atoms with van der Waals surface area (Å²) in [6.45, 7) is 3.93. The largest absolute Gasteiger partial charge is 0.493 e. The summed E-state index contributed by atoms with van der Waals surface area (Å²) in [5.41, 5.74) is 1.79. The maximum atomic E-state index is 12.0. The van der Waals surface area contributed by atoms with Crippen molar-refractivity contribution in [1.82, 2.24) is 5.32 Å². The van der Waals surface area contributed by atoms with Gasteiger partial charge < -0.3 is 14.8 Å². The van der Waals surface area contributed by atoms with Crippen LogP contribution in [0.15, 0.2) is 48.5 Å². The number of hydrogen-bond donors (Lipinski definition) is 1. The number of benzene rings is 2. The number of carbonyl (C=O) groups excluding carboxylic acids is 2. The SMILES string of the molecule is Cc1ccccc1OCCC(=O)O[C@H](C)C(=O)NCc1ccccc1Cl. The molecule has 26 heavy (non-hydrogen) atoms. The molecule has 0 radical (unpaired) electrons. The fourth-order valence-electron chi connectivity index (χ4n) is 2.24.